The molecule has 1 unspecified atom stereocenters. The van der Waals surface area contributed by atoms with Crippen LogP contribution in [0.5, 0.6) is 0 Å². The Hall–Kier alpha value is -0.580. The monoisotopic (exact) mass is 385 g/mol. The molecule has 2 aromatic carbocycles. The normalized spacial score (nSPS) is 12.4. The van der Waals surface area contributed by atoms with Crippen molar-refractivity contribution in [1.82, 2.24) is 5.32 Å². The summed E-state index contributed by atoms with van der Waals surface area (Å²) in [5.41, 5.74) is 3.75. The molecule has 0 amide bonds. The predicted octanol–water partition coefficient (Wildman–Crippen LogP) is 4.95. The molecule has 1 nitrogen and oxygen atoms in total. The molecule has 3 heteroatoms. The number of aryl methyl sites for hydroxylation is 1. The minimum Gasteiger partial charge on any atom is -0.307 e. The van der Waals surface area contributed by atoms with Crippen LogP contribution in [0.1, 0.15) is 29.7 Å². The van der Waals surface area contributed by atoms with Crippen molar-refractivity contribution in [3.8, 4) is 0 Å². The molecule has 0 bridgehead atoms. The quantitative estimate of drug-likeness (QED) is 0.734. The van der Waals surface area contributed by atoms with E-state index >= 15 is 0 Å². The second kappa shape index (κ2) is 6.73. The van der Waals surface area contributed by atoms with Crippen molar-refractivity contribution >= 4 is 34.2 Å². The van der Waals surface area contributed by atoms with Crippen LogP contribution >= 0.6 is 34.2 Å². The third-order valence-electron chi connectivity index (χ3n) is 3.10. The fourth-order valence-corrected chi connectivity index (χ4v) is 2.61. The van der Waals surface area contributed by atoms with Gasteiger partial charge in [-0.1, -0.05) is 54.4 Å². The van der Waals surface area contributed by atoms with Gasteiger partial charge in [-0.15, -0.1) is 0 Å². The smallest absolute Gasteiger partial charge is 0.0577 e. The van der Waals surface area contributed by atoms with Gasteiger partial charge in [0, 0.05) is 3.57 Å². The third kappa shape index (κ3) is 3.71. The van der Waals surface area contributed by atoms with E-state index in [0.29, 0.717) is 0 Å². The van der Waals surface area contributed by atoms with Crippen LogP contribution in [0.4, 0.5) is 0 Å². The number of nitrogens with one attached hydrogen (secondary N) is 1. The molecule has 0 aliphatic carbocycles. The SMILES string of the molecule is CCNC(c1ccc(C)cc1)c1ccc(I)c(Cl)c1. The summed E-state index contributed by atoms with van der Waals surface area (Å²) < 4.78 is 1.09. The molecule has 0 fully saturated rings. The van der Waals surface area contributed by atoms with Gasteiger partial charge in [-0.3, -0.25) is 0 Å². The standard InChI is InChI=1S/C16H17ClIN/c1-3-19-16(12-6-4-11(2)5-7-12)13-8-9-15(18)14(17)10-13/h4-10,16,19H,3H2,1-2H3. The molecule has 2 rings (SSSR count). The molecule has 0 aliphatic rings. The van der Waals surface area contributed by atoms with E-state index in [4.69, 9.17) is 11.6 Å². The van der Waals surface area contributed by atoms with Crippen molar-refractivity contribution in [2.75, 3.05) is 6.54 Å². The lowest BCUT2D eigenvalue weighted by atomic mass is 9.98. The molecule has 19 heavy (non-hydrogen) atoms. The average Bonchev–Trinajstić information content (AvgIpc) is 2.41. The molecule has 100 valence electrons. The number of rotatable bonds is 4. The van der Waals surface area contributed by atoms with E-state index < -0.39 is 0 Å². The zero-order valence-electron chi connectivity index (χ0n) is 11.1. The number of hydrogen-bond acceptors (Lipinski definition) is 1. The minimum atomic E-state index is 0.195. The summed E-state index contributed by atoms with van der Waals surface area (Å²) in [6, 6.07) is 15.1. The van der Waals surface area contributed by atoms with Gasteiger partial charge >= 0.3 is 0 Å². The van der Waals surface area contributed by atoms with E-state index in [9.17, 15) is 0 Å². The highest BCUT2D eigenvalue weighted by molar-refractivity contribution is 14.1. The molecular weight excluding hydrogens is 369 g/mol. The molecular formula is C16H17ClIN. The first kappa shape index (κ1) is 14.8. The van der Waals surface area contributed by atoms with Gasteiger partial charge in [-0.2, -0.15) is 0 Å². The van der Waals surface area contributed by atoms with Gasteiger partial charge in [0.05, 0.1) is 11.1 Å². The topological polar surface area (TPSA) is 12.0 Å². The van der Waals surface area contributed by atoms with Crippen LogP contribution in [-0.2, 0) is 0 Å². The van der Waals surface area contributed by atoms with Gasteiger partial charge in [0.25, 0.3) is 0 Å². The Morgan fingerprint density at radius 2 is 1.74 bits per heavy atom. The highest BCUT2D eigenvalue weighted by Gasteiger charge is 2.13. The van der Waals surface area contributed by atoms with Crippen molar-refractivity contribution in [3.63, 3.8) is 0 Å². The van der Waals surface area contributed by atoms with Gasteiger partial charge in [0.2, 0.25) is 0 Å². The first-order valence-corrected chi connectivity index (χ1v) is 7.82. The maximum atomic E-state index is 6.24. The maximum absolute atomic E-state index is 6.24. The van der Waals surface area contributed by atoms with Crippen LogP contribution in [0.3, 0.4) is 0 Å². The zero-order valence-corrected chi connectivity index (χ0v) is 14.0. The molecule has 0 aromatic heterocycles. The van der Waals surface area contributed by atoms with Crippen molar-refractivity contribution in [2.45, 2.75) is 19.9 Å². The first-order valence-electron chi connectivity index (χ1n) is 6.36. The fraction of sp³-hybridized carbons (Fsp3) is 0.250. The van der Waals surface area contributed by atoms with Crippen molar-refractivity contribution in [1.29, 1.82) is 0 Å². The van der Waals surface area contributed by atoms with Gasteiger partial charge in [-0.05, 0) is 59.3 Å². The van der Waals surface area contributed by atoms with E-state index in [1.165, 1.54) is 16.7 Å². The van der Waals surface area contributed by atoms with Crippen LogP contribution in [0.2, 0.25) is 5.02 Å². The van der Waals surface area contributed by atoms with Crippen LogP contribution in [0.25, 0.3) is 0 Å². The Morgan fingerprint density at radius 3 is 2.32 bits per heavy atom. The molecule has 2 aromatic rings. The minimum absolute atomic E-state index is 0.195. The summed E-state index contributed by atoms with van der Waals surface area (Å²) in [5.74, 6) is 0. The maximum Gasteiger partial charge on any atom is 0.0577 e. The summed E-state index contributed by atoms with van der Waals surface area (Å²) in [6.07, 6.45) is 0. The lowest BCUT2D eigenvalue weighted by molar-refractivity contribution is 0.630. The molecule has 0 saturated heterocycles. The molecule has 0 aliphatic heterocycles. The summed E-state index contributed by atoms with van der Waals surface area (Å²) >= 11 is 8.49. The van der Waals surface area contributed by atoms with Crippen LogP contribution < -0.4 is 5.32 Å². The van der Waals surface area contributed by atoms with Crippen molar-refractivity contribution in [3.05, 3.63) is 67.7 Å². The van der Waals surface area contributed by atoms with E-state index in [1.807, 2.05) is 0 Å². The van der Waals surface area contributed by atoms with Gasteiger partial charge in [0.15, 0.2) is 0 Å². The second-order valence-corrected chi connectivity index (χ2v) is 6.14. The summed E-state index contributed by atoms with van der Waals surface area (Å²) in [7, 11) is 0. The summed E-state index contributed by atoms with van der Waals surface area (Å²) in [6.45, 7) is 5.14. The fourth-order valence-electron chi connectivity index (χ4n) is 2.08. The number of halogens is 2. The summed E-state index contributed by atoms with van der Waals surface area (Å²) in [5, 5.41) is 4.33. The Labute approximate surface area is 133 Å². The predicted molar refractivity (Wildman–Crippen MR) is 90.9 cm³/mol. The van der Waals surface area contributed by atoms with Crippen molar-refractivity contribution in [2.24, 2.45) is 0 Å². The Balaban J connectivity index is 2.38. The molecule has 0 saturated carbocycles. The Morgan fingerprint density at radius 1 is 1.11 bits per heavy atom. The molecule has 1 N–H and O–H groups in total. The van der Waals surface area contributed by atoms with Gasteiger partial charge < -0.3 is 5.32 Å². The number of benzene rings is 2. The summed E-state index contributed by atoms with van der Waals surface area (Å²) in [4.78, 5) is 0. The van der Waals surface area contributed by atoms with Crippen LogP contribution in [0, 0.1) is 10.5 Å². The molecule has 0 spiro atoms. The van der Waals surface area contributed by atoms with E-state index in [1.54, 1.807) is 0 Å². The first-order chi connectivity index (χ1) is 9.11. The largest absolute Gasteiger partial charge is 0.307 e. The van der Waals surface area contributed by atoms with E-state index in [2.05, 4.69) is 84.2 Å². The zero-order chi connectivity index (χ0) is 13.8. The number of hydrogen-bond donors (Lipinski definition) is 1. The third-order valence-corrected chi connectivity index (χ3v) is 4.67. The molecule has 1 atom stereocenters. The van der Waals surface area contributed by atoms with Gasteiger partial charge in [-0.25, -0.2) is 0 Å². The van der Waals surface area contributed by atoms with Crippen molar-refractivity contribution < 1.29 is 0 Å². The molecule has 0 heterocycles. The second-order valence-electron chi connectivity index (χ2n) is 4.57. The van der Waals surface area contributed by atoms with E-state index in [-0.39, 0.29) is 6.04 Å². The lowest BCUT2D eigenvalue weighted by Gasteiger charge is -2.19. The highest BCUT2D eigenvalue weighted by Crippen LogP contribution is 2.27. The van der Waals surface area contributed by atoms with Crippen LogP contribution in [-0.4, -0.2) is 6.54 Å². The van der Waals surface area contributed by atoms with E-state index in [0.717, 1.165) is 15.1 Å². The van der Waals surface area contributed by atoms with Crippen LogP contribution in [0.15, 0.2) is 42.5 Å². The highest BCUT2D eigenvalue weighted by atomic mass is 127. The van der Waals surface area contributed by atoms with Gasteiger partial charge in [0.1, 0.15) is 0 Å². The Bertz CT molecular complexity index is 551. The molecule has 0 radical (unpaired) electrons. The lowest BCUT2D eigenvalue weighted by Crippen LogP contribution is -2.22. The Kier molecular flexibility index (Phi) is 5.25. The average molecular weight is 386 g/mol.